The number of halogens is 1. The molecular formula is C18H21ClN2O3. The van der Waals surface area contributed by atoms with Crippen molar-refractivity contribution in [2.45, 2.75) is 25.5 Å². The molecule has 0 aliphatic heterocycles. The van der Waals surface area contributed by atoms with E-state index in [0.717, 1.165) is 16.7 Å². The van der Waals surface area contributed by atoms with Gasteiger partial charge in [0.2, 0.25) is 5.72 Å². The molecule has 4 N–H and O–H groups in total. The predicted octanol–water partition coefficient (Wildman–Crippen LogP) is 2.65. The second kappa shape index (κ2) is 8.26. The number of nitrogens with one attached hydrogen (secondary N) is 1. The fourth-order valence-corrected chi connectivity index (χ4v) is 2.53. The molecule has 1 unspecified atom stereocenters. The number of aryl methyl sites for hydroxylation is 1. The van der Waals surface area contributed by atoms with Gasteiger partial charge >= 0.3 is 5.97 Å². The molecule has 128 valence electrons. The quantitative estimate of drug-likeness (QED) is 0.310. The van der Waals surface area contributed by atoms with E-state index in [4.69, 9.17) is 22.2 Å². The van der Waals surface area contributed by atoms with Crippen molar-refractivity contribution in [2.24, 2.45) is 5.84 Å². The maximum Gasteiger partial charge on any atom is 0.354 e. The Kier molecular flexibility index (Phi) is 6.34. The molecule has 0 saturated heterocycles. The molecule has 2 aromatic rings. The van der Waals surface area contributed by atoms with E-state index in [1.165, 1.54) is 0 Å². The molecule has 0 aliphatic carbocycles. The Balaban J connectivity index is 2.05. The van der Waals surface area contributed by atoms with Crippen LogP contribution in [0.5, 0.6) is 0 Å². The highest BCUT2D eigenvalue weighted by Crippen LogP contribution is 2.23. The van der Waals surface area contributed by atoms with Gasteiger partial charge in [-0.2, -0.15) is 0 Å². The van der Waals surface area contributed by atoms with E-state index in [1.807, 2.05) is 48.5 Å². The Morgan fingerprint density at radius 3 is 2.54 bits per heavy atom. The minimum atomic E-state index is -1.89. The largest absolute Gasteiger partial charge is 0.463 e. The first-order valence-corrected chi connectivity index (χ1v) is 8.08. The summed E-state index contributed by atoms with van der Waals surface area (Å²) in [6.07, 6.45) is 0.578. The molecule has 0 fully saturated rings. The molecule has 1 atom stereocenters. The number of aliphatic hydroxyl groups is 1. The van der Waals surface area contributed by atoms with E-state index in [9.17, 15) is 9.90 Å². The van der Waals surface area contributed by atoms with Crippen molar-refractivity contribution in [3.8, 4) is 11.1 Å². The molecule has 0 radical (unpaired) electrons. The average Bonchev–Trinajstić information content (AvgIpc) is 2.60. The van der Waals surface area contributed by atoms with E-state index >= 15 is 0 Å². The molecular weight excluding hydrogens is 328 g/mol. The van der Waals surface area contributed by atoms with Crippen LogP contribution in [0.4, 0.5) is 0 Å². The zero-order valence-corrected chi connectivity index (χ0v) is 14.2. The number of benzene rings is 2. The van der Waals surface area contributed by atoms with Gasteiger partial charge in [-0.15, -0.1) is 0 Å². The third-order valence-corrected chi connectivity index (χ3v) is 3.97. The van der Waals surface area contributed by atoms with Crippen molar-refractivity contribution in [1.82, 2.24) is 5.43 Å². The topological polar surface area (TPSA) is 84.6 Å². The molecule has 6 heteroatoms. The number of carbonyl (C=O) groups excluding carboxylic acids is 1. The van der Waals surface area contributed by atoms with Crippen molar-refractivity contribution >= 4 is 17.6 Å². The summed E-state index contributed by atoms with van der Waals surface area (Å²) < 4.78 is 4.83. The normalized spacial score (nSPS) is 13.3. The van der Waals surface area contributed by atoms with Crippen LogP contribution in [0.1, 0.15) is 18.9 Å². The molecule has 0 spiro atoms. The van der Waals surface area contributed by atoms with Gasteiger partial charge in [-0.3, -0.25) is 5.84 Å². The number of hydrogen-bond donors (Lipinski definition) is 3. The van der Waals surface area contributed by atoms with Gasteiger partial charge < -0.3 is 9.84 Å². The second-order valence-electron chi connectivity index (χ2n) is 5.43. The maximum absolute atomic E-state index is 11.8. The lowest BCUT2D eigenvalue weighted by atomic mass is 9.99. The van der Waals surface area contributed by atoms with Crippen LogP contribution in [0.3, 0.4) is 0 Å². The summed E-state index contributed by atoms with van der Waals surface area (Å²) in [6, 6.07) is 15.4. The first kappa shape index (κ1) is 18.4. The lowest BCUT2D eigenvalue weighted by Gasteiger charge is -2.24. The van der Waals surface area contributed by atoms with Gasteiger partial charge in [-0.05, 0) is 42.2 Å². The van der Waals surface area contributed by atoms with E-state index in [-0.39, 0.29) is 13.0 Å². The summed E-state index contributed by atoms with van der Waals surface area (Å²) in [7, 11) is 0. The van der Waals surface area contributed by atoms with Crippen LogP contribution in [0.15, 0.2) is 48.5 Å². The van der Waals surface area contributed by atoms with Crippen molar-refractivity contribution in [1.29, 1.82) is 0 Å². The minimum absolute atomic E-state index is 0.110. The molecule has 24 heavy (non-hydrogen) atoms. The Hall–Kier alpha value is -1.92. The Bertz CT molecular complexity index is 691. The van der Waals surface area contributed by atoms with Crippen molar-refractivity contribution in [3.63, 3.8) is 0 Å². The third-order valence-electron chi connectivity index (χ3n) is 3.74. The molecule has 2 aromatic carbocycles. The molecule has 0 heterocycles. The SMILES string of the molecule is CCOC(=O)C(O)(CCc1ccc(-c2cccc(Cl)c2)cc1)NN. The minimum Gasteiger partial charge on any atom is -0.463 e. The Morgan fingerprint density at radius 1 is 1.25 bits per heavy atom. The summed E-state index contributed by atoms with van der Waals surface area (Å²) in [5.41, 5.74) is 3.30. The highest BCUT2D eigenvalue weighted by atomic mass is 35.5. The Labute approximate surface area is 146 Å². The zero-order valence-electron chi connectivity index (χ0n) is 13.5. The van der Waals surface area contributed by atoms with Crippen molar-refractivity contribution in [2.75, 3.05) is 6.61 Å². The number of nitrogens with two attached hydrogens (primary N) is 1. The number of ether oxygens (including phenoxy) is 1. The van der Waals surface area contributed by atoms with Crippen LogP contribution in [-0.4, -0.2) is 23.4 Å². The van der Waals surface area contributed by atoms with Crippen LogP contribution in [-0.2, 0) is 16.0 Å². The van der Waals surface area contributed by atoms with Gasteiger partial charge in [0.15, 0.2) is 0 Å². The molecule has 0 saturated carbocycles. The monoisotopic (exact) mass is 348 g/mol. The van der Waals surface area contributed by atoms with Gasteiger partial charge in [0.25, 0.3) is 0 Å². The number of carbonyl (C=O) groups is 1. The molecule has 0 aliphatic rings. The first-order chi connectivity index (χ1) is 11.5. The fourth-order valence-electron chi connectivity index (χ4n) is 2.34. The molecule has 0 aromatic heterocycles. The van der Waals surface area contributed by atoms with E-state index < -0.39 is 11.7 Å². The number of hydrogen-bond acceptors (Lipinski definition) is 5. The predicted molar refractivity (Wildman–Crippen MR) is 94.1 cm³/mol. The van der Waals surface area contributed by atoms with E-state index in [1.54, 1.807) is 6.92 Å². The van der Waals surface area contributed by atoms with Gasteiger partial charge in [0.1, 0.15) is 0 Å². The molecule has 0 amide bonds. The van der Waals surface area contributed by atoms with Crippen LogP contribution >= 0.6 is 11.6 Å². The van der Waals surface area contributed by atoms with Crippen LogP contribution in [0, 0.1) is 0 Å². The lowest BCUT2D eigenvalue weighted by molar-refractivity contribution is -0.169. The molecule has 5 nitrogen and oxygen atoms in total. The highest BCUT2D eigenvalue weighted by Gasteiger charge is 2.35. The summed E-state index contributed by atoms with van der Waals surface area (Å²) in [5.74, 6) is 4.53. The van der Waals surface area contributed by atoms with Gasteiger partial charge in [-0.25, -0.2) is 10.2 Å². The maximum atomic E-state index is 11.8. The number of esters is 1. The number of hydrazine groups is 1. The van der Waals surface area contributed by atoms with Crippen molar-refractivity contribution < 1.29 is 14.6 Å². The van der Waals surface area contributed by atoms with E-state index in [0.29, 0.717) is 11.4 Å². The molecule has 2 rings (SSSR count). The lowest BCUT2D eigenvalue weighted by Crippen LogP contribution is -2.56. The highest BCUT2D eigenvalue weighted by molar-refractivity contribution is 6.30. The van der Waals surface area contributed by atoms with Crippen LogP contribution in [0.2, 0.25) is 5.02 Å². The van der Waals surface area contributed by atoms with Crippen molar-refractivity contribution in [3.05, 3.63) is 59.1 Å². The summed E-state index contributed by atoms with van der Waals surface area (Å²) in [6.45, 7) is 1.85. The summed E-state index contributed by atoms with van der Waals surface area (Å²) in [4.78, 5) is 11.8. The third kappa shape index (κ3) is 4.55. The molecule has 0 bridgehead atoms. The smallest absolute Gasteiger partial charge is 0.354 e. The van der Waals surface area contributed by atoms with E-state index in [2.05, 4.69) is 5.43 Å². The first-order valence-electron chi connectivity index (χ1n) is 7.71. The van der Waals surface area contributed by atoms with Crippen LogP contribution < -0.4 is 11.3 Å². The van der Waals surface area contributed by atoms with Gasteiger partial charge in [0, 0.05) is 11.4 Å². The van der Waals surface area contributed by atoms with Gasteiger partial charge in [-0.1, -0.05) is 48.0 Å². The standard InChI is InChI=1S/C18H21ClN2O3/c1-2-24-17(22)18(23,21-20)11-10-13-6-8-14(9-7-13)15-4-3-5-16(19)12-15/h3-9,12,21,23H,2,10-11,20H2,1H3. The zero-order chi connectivity index (χ0) is 17.6. The Morgan fingerprint density at radius 2 is 1.96 bits per heavy atom. The average molecular weight is 349 g/mol. The fraction of sp³-hybridized carbons (Fsp3) is 0.278. The summed E-state index contributed by atoms with van der Waals surface area (Å²) in [5, 5.41) is 10.9. The van der Waals surface area contributed by atoms with Crippen LogP contribution in [0.25, 0.3) is 11.1 Å². The van der Waals surface area contributed by atoms with Gasteiger partial charge in [0.05, 0.1) is 6.61 Å². The number of rotatable bonds is 7. The second-order valence-corrected chi connectivity index (χ2v) is 5.87. The summed E-state index contributed by atoms with van der Waals surface area (Å²) >= 11 is 6.01.